The number of nitrogens with zero attached hydrogens (tertiary/aromatic N) is 4. The minimum Gasteiger partial charge on any atom is -0.390 e. The molecule has 0 aromatic carbocycles. The lowest BCUT2D eigenvalue weighted by Crippen LogP contribution is -2.48. The normalized spacial score (nSPS) is 26.3. The summed E-state index contributed by atoms with van der Waals surface area (Å²) in [4.78, 5) is 8.96. The van der Waals surface area contributed by atoms with Gasteiger partial charge in [0.15, 0.2) is 5.15 Å². The number of β-amino-alcohol motifs (C(OH)–C–C–N with tert-alkyl or cyclic N) is 1. The lowest BCUT2D eigenvalue weighted by molar-refractivity contribution is 0.128. The standard InChI is InChI=1S/C16H23ClN6O/c1-2-16(5-3-6-16)14-21-13(17)11-8-19-15(22-23(11)14)20-10-4-7-18-9-12(10)24/h8,10,12,18,24H,2-7,9H2,1H3,(H,20,22)/t10-,12+/m0/s1. The molecule has 0 bridgehead atoms. The molecule has 3 N–H and O–H groups in total. The number of fused-ring (bicyclic) bond motifs is 1. The number of hydrogen-bond acceptors (Lipinski definition) is 6. The maximum Gasteiger partial charge on any atom is 0.241 e. The van der Waals surface area contributed by atoms with Crippen LogP contribution in [0.3, 0.4) is 0 Å². The summed E-state index contributed by atoms with van der Waals surface area (Å²) in [6.07, 6.45) is 6.60. The Bertz CT molecular complexity index is 738. The second kappa shape index (κ2) is 6.13. The van der Waals surface area contributed by atoms with Gasteiger partial charge < -0.3 is 15.7 Å². The number of piperidine rings is 1. The Hall–Kier alpha value is -1.44. The molecule has 7 nitrogen and oxygen atoms in total. The minimum atomic E-state index is -0.447. The van der Waals surface area contributed by atoms with Crippen LogP contribution in [0.15, 0.2) is 6.20 Å². The molecule has 0 amide bonds. The van der Waals surface area contributed by atoms with Crippen molar-refractivity contribution in [1.82, 2.24) is 24.9 Å². The molecule has 130 valence electrons. The molecule has 2 fully saturated rings. The molecule has 1 saturated heterocycles. The van der Waals surface area contributed by atoms with Crippen molar-refractivity contribution in [3.8, 4) is 0 Å². The Labute approximate surface area is 145 Å². The van der Waals surface area contributed by atoms with E-state index in [2.05, 4.69) is 32.6 Å². The van der Waals surface area contributed by atoms with Crippen LogP contribution >= 0.6 is 11.6 Å². The van der Waals surface area contributed by atoms with Crippen molar-refractivity contribution in [3.63, 3.8) is 0 Å². The van der Waals surface area contributed by atoms with Gasteiger partial charge >= 0.3 is 0 Å². The quantitative estimate of drug-likeness (QED) is 0.778. The van der Waals surface area contributed by atoms with Crippen LogP contribution in [0, 0.1) is 0 Å². The molecular weight excluding hydrogens is 328 g/mol. The van der Waals surface area contributed by atoms with Gasteiger partial charge in [-0.1, -0.05) is 24.9 Å². The van der Waals surface area contributed by atoms with Gasteiger partial charge in [0.05, 0.1) is 18.3 Å². The molecule has 4 rings (SSSR count). The number of aliphatic hydroxyl groups excluding tert-OH is 1. The number of aliphatic hydroxyl groups is 1. The van der Waals surface area contributed by atoms with Gasteiger partial charge in [0.1, 0.15) is 11.3 Å². The predicted octanol–water partition coefficient (Wildman–Crippen LogP) is 1.74. The largest absolute Gasteiger partial charge is 0.390 e. The third-order valence-electron chi connectivity index (χ3n) is 5.57. The molecule has 1 aliphatic carbocycles. The lowest BCUT2D eigenvalue weighted by Gasteiger charge is -2.39. The number of halogens is 1. The molecule has 24 heavy (non-hydrogen) atoms. The highest BCUT2D eigenvalue weighted by Gasteiger charge is 2.41. The number of nitrogens with one attached hydrogen (secondary N) is 2. The molecule has 0 radical (unpaired) electrons. The molecule has 2 aromatic heterocycles. The number of hydrogen-bond donors (Lipinski definition) is 3. The molecule has 0 unspecified atom stereocenters. The summed E-state index contributed by atoms with van der Waals surface area (Å²) >= 11 is 6.31. The van der Waals surface area contributed by atoms with Crippen LogP contribution in [-0.4, -0.2) is 49.9 Å². The fourth-order valence-corrected chi connectivity index (χ4v) is 3.98. The van der Waals surface area contributed by atoms with Crippen LogP contribution in [0.1, 0.15) is 44.9 Å². The van der Waals surface area contributed by atoms with E-state index in [1.807, 2.05) is 4.52 Å². The van der Waals surface area contributed by atoms with E-state index >= 15 is 0 Å². The summed E-state index contributed by atoms with van der Waals surface area (Å²) in [5.74, 6) is 1.45. The topological polar surface area (TPSA) is 87.4 Å². The number of aromatic nitrogens is 4. The fraction of sp³-hybridized carbons (Fsp3) is 0.688. The minimum absolute atomic E-state index is 0.0463. The molecule has 2 atom stereocenters. The van der Waals surface area contributed by atoms with Gasteiger partial charge in [0, 0.05) is 12.0 Å². The molecule has 1 aliphatic heterocycles. The first-order chi connectivity index (χ1) is 11.6. The molecule has 8 heteroatoms. The summed E-state index contributed by atoms with van der Waals surface area (Å²) in [5, 5.41) is 21.6. The van der Waals surface area contributed by atoms with Crippen molar-refractivity contribution in [3.05, 3.63) is 17.2 Å². The van der Waals surface area contributed by atoms with Gasteiger partial charge in [0.25, 0.3) is 0 Å². The lowest BCUT2D eigenvalue weighted by atomic mass is 9.66. The van der Waals surface area contributed by atoms with Crippen LogP contribution in [-0.2, 0) is 5.41 Å². The zero-order chi connectivity index (χ0) is 16.7. The molecule has 1 saturated carbocycles. The molecule has 2 aliphatic rings. The van der Waals surface area contributed by atoms with Crippen molar-refractivity contribution in [1.29, 1.82) is 0 Å². The first kappa shape index (κ1) is 16.1. The highest BCUT2D eigenvalue weighted by molar-refractivity contribution is 6.32. The SMILES string of the molecule is CCC1(c2nc(Cl)c3cnc(N[C@H]4CCNC[C@H]4O)nn23)CCC1. The Morgan fingerprint density at radius 2 is 2.33 bits per heavy atom. The van der Waals surface area contributed by atoms with E-state index in [1.54, 1.807) is 6.20 Å². The van der Waals surface area contributed by atoms with E-state index in [0.29, 0.717) is 17.6 Å². The average Bonchev–Trinajstić information content (AvgIpc) is 2.86. The highest BCUT2D eigenvalue weighted by Crippen LogP contribution is 2.46. The van der Waals surface area contributed by atoms with Crippen molar-refractivity contribution in [2.24, 2.45) is 0 Å². The summed E-state index contributed by atoms with van der Waals surface area (Å²) < 4.78 is 1.84. The first-order valence-electron chi connectivity index (χ1n) is 8.70. The summed E-state index contributed by atoms with van der Waals surface area (Å²) in [7, 11) is 0. The first-order valence-corrected chi connectivity index (χ1v) is 9.08. The Kier molecular flexibility index (Phi) is 4.10. The molecular formula is C16H23ClN6O. The van der Waals surface area contributed by atoms with Crippen molar-refractivity contribution in [2.45, 2.75) is 56.6 Å². The van der Waals surface area contributed by atoms with E-state index < -0.39 is 6.10 Å². The van der Waals surface area contributed by atoms with Crippen LogP contribution in [0.4, 0.5) is 5.95 Å². The van der Waals surface area contributed by atoms with E-state index in [9.17, 15) is 5.11 Å². The molecule has 3 heterocycles. The number of anilines is 1. The van der Waals surface area contributed by atoms with Crippen molar-refractivity contribution < 1.29 is 5.11 Å². The Morgan fingerprint density at radius 3 is 3.00 bits per heavy atom. The van der Waals surface area contributed by atoms with E-state index in [4.69, 9.17) is 11.6 Å². The van der Waals surface area contributed by atoms with E-state index in [1.165, 1.54) is 6.42 Å². The molecule has 0 spiro atoms. The second-order valence-electron chi connectivity index (χ2n) is 6.90. The van der Waals surface area contributed by atoms with Crippen molar-refractivity contribution >= 4 is 23.1 Å². The van der Waals surface area contributed by atoms with Gasteiger partial charge in [-0.25, -0.2) is 14.5 Å². The highest BCUT2D eigenvalue weighted by atomic mass is 35.5. The summed E-state index contributed by atoms with van der Waals surface area (Å²) in [5.41, 5.74) is 0.818. The smallest absolute Gasteiger partial charge is 0.241 e. The number of rotatable bonds is 4. The maximum absolute atomic E-state index is 10.1. The zero-order valence-electron chi connectivity index (χ0n) is 13.8. The van der Waals surface area contributed by atoms with Gasteiger partial charge in [-0.2, -0.15) is 0 Å². The van der Waals surface area contributed by atoms with Gasteiger partial charge in [-0.15, -0.1) is 5.10 Å². The van der Waals surface area contributed by atoms with Crippen LogP contribution < -0.4 is 10.6 Å². The van der Waals surface area contributed by atoms with E-state index in [0.717, 1.165) is 43.6 Å². The van der Waals surface area contributed by atoms with Gasteiger partial charge in [-0.3, -0.25) is 0 Å². The molecule has 2 aromatic rings. The average molecular weight is 351 g/mol. The summed E-state index contributed by atoms with van der Waals surface area (Å²) in [6, 6.07) is -0.0463. The van der Waals surface area contributed by atoms with Crippen molar-refractivity contribution in [2.75, 3.05) is 18.4 Å². The van der Waals surface area contributed by atoms with Crippen LogP contribution in [0.25, 0.3) is 5.52 Å². The van der Waals surface area contributed by atoms with Crippen LogP contribution in [0.5, 0.6) is 0 Å². The van der Waals surface area contributed by atoms with E-state index in [-0.39, 0.29) is 11.5 Å². The zero-order valence-corrected chi connectivity index (χ0v) is 14.6. The second-order valence-corrected chi connectivity index (χ2v) is 7.26. The maximum atomic E-state index is 10.1. The number of imidazole rings is 1. The van der Waals surface area contributed by atoms with Gasteiger partial charge in [0.2, 0.25) is 5.95 Å². The van der Waals surface area contributed by atoms with Gasteiger partial charge in [-0.05, 0) is 32.2 Å². The fourth-order valence-electron chi connectivity index (χ4n) is 3.78. The summed E-state index contributed by atoms with van der Waals surface area (Å²) in [6.45, 7) is 3.65. The third kappa shape index (κ3) is 2.55. The third-order valence-corrected chi connectivity index (χ3v) is 5.85. The predicted molar refractivity (Wildman–Crippen MR) is 92.5 cm³/mol. The Balaban J connectivity index is 1.69. The Morgan fingerprint density at radius 1 is 1.50 bits per heavy atom. The van der Waals surface area contributed by atoms with Crippen LogP contribution in [0.2, 0.25) is 5.15 Å². The monoisotopic (exact) mass is 350 g/mol.